The number of carboxylic acid groups (broad SMARTS) is 1. The SMILES string of the molecule is O=C(O)c1ccc(C(=O)NCC2CCSCC2)o1. The van der Waals surface area contributed by atoms with Gasteiger partial charge in [-0.15, -0.1) is 0 Å². The number of thioether (sulfide) groups is 1. The lowest BCUT2D eigenvalue weighted by atomic mass is 10.0. The van der Waals surface area contributed by atoms with Gasteiger partial charge in [-0.3, -0.25) is 4.79 Å². The first-order valence-corrected chi connectivity index (χ1v) is 7.01. The maximum atomic E-state index is 11.7. The van der Waals surface area contributed by atoms with Gasteiger partial charge in [0.2, 0.25) is 5.76 Å². The van der Waals surface area contributed by atoms with Gasteiger partial charge in [-0.1, -0.05) is 0 Å². The molecule has 2 rings (SSSR count). The van der Waals surface area contributed by atoms with Crippen molar-refractivity contribution < 1.29 is 19.1 Å². The van der Waals surface area contributed by atoms with Crippen LogP contribution in [0, 0.1) is 5.92 Å². The van der Waals surface area contributed by atoms with E-state index in [1.165, 1.54) is 12.1 Å². The fourth-order valence-electron chi connectivity index (χ4n) is 1.85. The molecular formula is C12H15NO4S. The van der Waals surface area contributed by atoms with Gasteiger partial charge < -0.3 is 14.8 Å². The van der Waals surface area contributed by atoms with Gasteiger partial charge in [-0.25, -0.2) is 4.79 Å². The standard InChI is InChI=1S/C12H15NO4S/c14-11(9-1-2-10(17-9)12(15)16)13-7-8-3-5-18-6-4-8/h1-2,8H,3-7H2,(H,13,14)(H,15,16). The topological polar surface area (TPSA) is 79.5 Å². The van der Waals surface area contributed by atoms with E-state index in [9.17, 15) is 9.59 Å². The van der Waals surface area contributed by atoms with Crippen LogP contribution in [-0.4, -0.2) is 35.0 Å². The van der Waals surface area contributed by atoms with Crippen LogP contribution in [0.2, 0.25) is 0 Å². The van der Waals surface area contributed by atoms with Crippen molar-refractivity contribution in [3.63, 3.8) is 0 Å². The molecule has 0 unspecified atom stereocenters. The summed E-state index contributed by atoms with van der Waals surface area (Å²) < 4.78 is 4.93. The fourth-order valence-corrected chi connectivity index (χ4v) is 3.05. The molecule has 18 heavy (non-hydrogen) atoms. The van der Waals surface area contributed by atoms with Crippen LogP contribution in [0.25, 0.3) is 0 Å². The maximum absolute atomic E-state index is 11.7. The molecule has 0 aromatic carbocycles. The van der Waals surface area contributed by atoms with Gasteiger partial charge in [0.25, 0.3) is 5.91 Å². The summed E-state index contributed by atoms with van der Waals surface area (Å²) in [6.45, 7) is 0.627. The first-order valence-electron chi connectivity index (χ1n) is 5.86. The molecule has 2 N–H and O–H groups in total. The van der Waals surface area contributed by atoms with Crippen LogP contribution in [0.15, 0.2) is 16.5 Å². The van der Waals surface area contributed by atoms with E-state index in [0.717, 1.165) is 24.3 Å². The van der Waals surface area contributed by atoms with Crippen molar-refractivity contribution in [1.82, 2.24) is 5.32 Å². The minimum Gasteiger partial charge on any atom is -0.475 e. The third-order valence-corrected chi connectivity index (χ3v) is 3.98. The zero-order chi connectivity index (χ0) is 13.0. The highest BCUT2D eigenvalue weighted by atomic mass is 32.2. The number of carbonyl (C=O) groups excluding carboxylic acids is 1. The van der Waals surface area contributed by atoms with Crippen LogP contribution in [0.3, 0.4) is 0 Å². The monoisotopic (exact) mass is 269 g/mol. The van der Waals surface area contributed by atoms with Crippen molar-refractivity contribution >= 4 is 23.6 Å². The molecule has 0 radical (unpaired) electrons. The zero-order valence-corrected chi connectivity index (χ0v) is 10.7. The molecule has 5 nitrogen and oxygen atoms in total. The molecule has 0 saturated carbocycles. The fraction of sp³-hybridized carbons (Fsp3) is 0.500. The third-order valence-electron chi connectivity index (χ3n) is 2.93. The van der Waals surface area contributed by atoms with E-state index in [4.69, 9.17) is 9.52 Å². The van der Waals surface area contributed by atoms with Crippen molar-refractivity contribution in [2.75, 3.05) is 18.1 Å². The molecule has 0 spiro atoms. The van der Waals surface area contributed by atoms with Crippen LogP contribution < -0.4 is 5.32 Å². The van der Waals surface area contributed by atoms with Crippen molar-refractivity contribution in [2.45, 2.75) is 12.8 Å². The number of amides is 1. The number of carboxylic acids is 1. The number of hydrogen-bond donors (Lipinski definition) is 2. The lowest BCUT2D eigenvalue weighted by Crippen LogP contribution is -2.30. The molecule has 1 aliphatic rings. The molecule has 0 aliphatic carbocycles. The van der Waals surface area contributed by atoms with E-state index < -0.39 is 5.97 Å². The van der Waals surface area contributed by atoms with Crippen LogP contribution in [-0.2, 0) is 0 Å². The molecule has 2 heterocycles. The first-order chi connectivity index (χ1) is 8.66. The Hall–Kier alpha value is -1.43. The summed E-state index contributed by atoms with van der Waals surface area (Å²) in [6.07, 6.45) is 2.23. The molecule has 1 aromatic heterocycles. The van der Waals surface area contributed by atoms with Gasteiger partial charge in [-0.2, -0.15) is 11.8 Å². The molecule has 1 amide bonds. The Balaban J connectivity index is 1.84. The van der Waals surface area contributed by atoms with Gasteiger partial charge in [0, 0.05) is 6.54 Å². The summed E-state index contributed by atoms with van der Waals surface area (Å²) in [4.78, 5) is 22.3. The highest BCUT2D eigenvalue weighted by Crippen LogP contribution is 2.22. The van der Waals surface area contributed by atoms with Crippen molar-refractivity contribution in [2.24, 2.45) is 5.92 Å². The Kier molecular flexibility index (Phi) is 4.30. The average Bonchev–Trinajstić information content (AvgIpc) is 2.87. The van der Waals surface area contributed by atoms with E-state index in [0.29, 0.717) is 12.5 Å². The van der Waals surface area contributed by atoms with E-state index in [-0.39, 0.29) is 17.4 Å². The summed E-state index contributed by atoms with van der Waals surface area (Å²) in [7, 11) is 0. The molecule has 1 aliphatic heterocycles. The molecule has 1 fully saturated rings. The van der Waals surface area contributed by atoms with Crippen LogP contribution in [0.5, 0.6) is 0 Å². The second kappa shape index (κ2) is 5.95. The molecule has 1 saturated heterocycles. The van der Waals surface area contributed by atoms with Gasteiger partial charge in [0.15, 0.2) is 5.76 Å². The molecule has 1 aromatic rings. The minimum absolute atomic E-state index is 0.0533. The Morgan fingerprint density at radius 3 is 2.61 bits per heavy atom. The van der Waals surface area contributed by atoms with Crippen LogP contribution in [0.4, 0.5) is 0 Å². The number of rotatable bonds is 4. The molecule has 0 bridgehead atoms. The number of aromatic carboxylic acids is 1. The summed E-state index contributed by atoms with van der Waals surface area (Å²) in [5.74, 6) is 1.13. The van der Waals surface area contributed by atoms with Crippen LogP contribution in [0.1, 0.15) is 34.0 Å². The van der Waals surface area contributed by atoms with Gasteiger partial charge >= 0.3 is 5.97 Å². The Morgan fingerprint density at radius 2 is 2.00 bits per heavy atom. The summed E-state index contributed by atoms with van der Waals surface area (Å²) in [5, 5.41) is 11.5. The largest absolute Gasteiger partial charge is 0.475 e. The van der Waals surface area contributed by atoms with Crippen molar-refractivity contribution in [3.05, 3.63) is 23.7 Å². The zero-order valence-electron chi connectivity index (χ0n) is 9.85. The Labute approximate surface area is 109 Å². The van der Waals surface area contributed by atoms with E-state index in [1.807, 2.05) is 11.8 Å². The van der Waals surface area contributed by atoms with Crippen molar-refractivity contribution in [1.29, 1.82) is 0 Å². The highest BCUT2D eigenvalue weighted by molar-refractivity contribution is 7.99. The predicted octanol–water partition coefficient (Wildman–Crippen LogP) is 1.85. The highest BCUT2D eigenvalue weighted by Gasteiger charge is 2.18. The number of furan rings is 1. The summed E-state index contributed by atoms with van der Waals surface area (Å²) in [5.41, 5.74) is 0. The minimum atomic E-state index is -1.17. The Morgan fingerprint density at radius 1 is 1.33 bits per heavy atom. The molecular weight excluding hydrogens is 254 g/mol. The molecule has 6 heteroatoms. The number of hydrogen-bond acceptors (Lipinski definition) is 4. The quantitative estimate of drug-likeness (QED) is 0.872. The van der Waals surface area contributed by atoms with Gasteiger partial charge in [0.1, 0.15) is 0 Å². The number of carbonyl (C=O) groups is 2. The normalized spacial score (nSPS) is 16.4. The first kappa shape index (κ1) is 13.0. The van der Waals surface area contributed by atoms with Gasteiger partial charge in [0.05, 0.1) is 0 Å². The molecule has 98 valence electrons. The number of nitrogens with one attached hydrogen (secondary N) is 1. The lowest BCUT2D eigenvalue weighted by molar-refractivity contribution is 0.0659. The smallest absolute Gasteiger partial charge is 0.371 e. The summed E-state index contributed by atoms with van der Waals surface area (Å²) in [6, 6.07) is 2.67. The maximum Gasteiger partial charge on any atom is 0.371 e. The van der Waals surface area contributed by atoms with E-state index in [2.05, 4.69) is 5.32 Å². The van der Waals surface area contributed by atoms with Crippen molar-refractivity contribution in [3.8, 4) is 0 Å². The predicted molar refractivity (Wildman–Crippen MR) is 68.0 cm³/mol. The average molecular weight is 269 g/mol. The van der Waals surface area contributed by atoms with E-state index >= 15 is 0 Å². The summed E-state index contributed by atoms with van der Waals surface area (Å²) >= 11 is 1.94. The second-order valence-corrected chi connectivity index (χ2v) is 5.46. The van der Waals surface area contributed by atoms with Gasteiger partial charge in [-0.05, 0) is 42.4 Å². The third kappa shape index (κ3) is 3.29. The van der Waals surface area contributed by atoms with E-state index in [1.54, 1.807) is 0 Å². The second-order valence-electron chi connectivity index (χ2n) is 4.23. The lowest BCUT2D eigenvalue weighted by Gasteiger charge is -2.21. The van der Waals surface area contributed by atoms with Crippen LogP contribution >= 0.6 is 11.8 Å². The Bertz CT molecular complexity index is 437. The molecule has 0 atom stereocenters.